The van der Waals surface area contributed by atoms with E-state index in [1.807, 2.05) is 0 Å². The molecule has 1 aromatic rings. The van der Waals surface area contributed by atoms with Gasteiger partial charge in [-0.25, -0.2) is 9.38 Å². The molecule has 0 bridgehead atoms. The number of aliphatic imine (C=N–C) groups is 1. The van der Waals surface area contributed by atoms with Gasteiger partial charge in [0.15, 0.2) is 5.96 Å². The Bertz CT molecular complexity index is 775. The van der Waals surface area contributed by atoms with Gasteiger partial charge in [-0.05, 0) is 39.0 Å². The van der Waals surface area contributed by atoms with Gasteiger partial charge in [0.05, 0.1) is 11.3 Å². The Hall–Kier alpha value is -2.32. The zero-order valence-electron chi connectivity index (χ0n) is 15.9. The van der Waals surface area contributed by atoms with E-state index in [9.17, 15) is 22.4 Å². The zero-order valence-corrected chi connectivity index (χ0v) is 15.9. The van der Waals surface area contributed by atoms with E-state index in [4.69, 9.17) is 5.73 Å². The minimum absolute atomic E-state index is 0.0507. The van der Waals surface area contributed by atoms with Crippen LogP contribution in [0.4, 0.5) is 23.2 Å². The van der Waals surface area contributed by atoms with E-state index in [-0.39, 0.29) is 24.0 Å². The maximum atomic E-state index is 14.6. The number of rotatable bonds is 4. The first kappa shape index (κ1) is 21.0. The van der Waals surface area contributed by atoms with Crippen molar-refractivity contribution in [1.82, 2.24) is 4.90 Å². The predicted octanol–water partition coefficient (Wildman–Crippen LogP) is 3.46. The Morgan fingerprint density at radius 2 is 1.89 bits per heavy atom. The van der Waals surface area contributed by atoms with Crippen molar-refractivity contribution in [2.75, 3.05) is 18.9 Å². The average molecular weight is 388 g/mol. The first-order chi connectivity index (χ1) is 12.2. The molecular weight excluding hydrogens is 364 g/mol. The van der Waals surface area contributed by atoms with Crippen molar-refractivity contribution in [2.24, 2.45) is 22.1 Å². The minimum Gasteiger partial charge on any atom is -0.384 e. The lowest BCUT2D eigenvalue weighted by molar-refractivity contribution is -0.165. The molecular formula is C18H24F4N4O. The summed E-state index contributed by atoms with van der Waals surface area (Å²) in [6, 6.07) is 3.88. The lowest BCUT2D eigenvalue weighted by atomic mass is 9.67. The lowest BCUT2D eigenvalue weighted by Crippen LogP contribution is -2.58. The van der Waals surface area contributed by atoms with Crippen LogP contribution in [0.15, 0.2) is 23.2 Å². The lowest BCUT2D eigenvalue weighted by Gasteiger charge is -2.46. The fraction of sp³-hybridized carbons (Fsp3) is 0.556. The highest BCUT2D eigenvalue weighted by atomic mass is 19.4. The number of hydrogen-bond donors (Lipinski definition) is 2. The summed E-state index contributed by atoms with van der Waals surface area (Å²) in [6.07, 6.45) is -4.33. The average Bonchev–Trinajstić information content (AvgIpc) is 2.56. The fourth-order valence-electron chi connectivity index (χ4n) is 2.97. The van der Waals surface area contributed by atoms with Gasteiger partial charge in [0.2, 0.25) is 5.91 Å². The molecule has 1 aliphatic rings. The third-order valence-corrected chi connectivity index (χ3v) is 5.40. The molecule has 0 saturated heterocycles. The SMILES string of the molecule is CC(CNc1ccc(F)c([C@@]2(C)N=C(N)N(C)C(=O)C2(C)C)c1)C(F)(F)F. The number of hydrogen-bond acceptors (Lipinski definition) is 4. The summed E-state index contributed by atoms with van der Waals surface area (Å²) in [5, 5.41) is 2.67. The number of alkyl halides is 3. The molecule has 0 aromatic heterocycles. The Morgan fingerprint density at radius 1 is 1.30 bits per heavy atom. The fourth-order valence-corrected chi connectivity index (χ4v) is 2.97. The molecule has 2 atom stereocenters. The maximum absolute atomic E-state index is 14.6. The second-order valence-electron chi connectivity index (χ2n) is 7.55. The van der Waals surface area contributed by atoms with Gasteiger partial charge in [-0.15, -0.1) is 0 Å². The first-order valence-corrected chi connectivity index (χ1v) is 8.46. The van der Waals surface area contributed by atoms with Crippen LogP contribution < -0.4 is 11.1 Å². The molecule has 1 aliphatic heterocycles. The molecule has 1 heterocycles. The van der Waals surface area contributed by atoms with Crippen LogP contribution in [-0.2, 0) is 10.3 Å². The number of amides is 1. The molecule has 0 radical (unpaired) electrons. The highest BCUT2D eigenvalue weighted by Gasteiger charge is 2.53. The van der Waals surface area contributed by atoms with Crippen molar-refractivity contribution in [3.05, 3.63) is 29.6 Å². The molecule has 0 aliphatic carbocycles. The molecule has 0 saturated carbocycles. The molecule has 27 heavy (non-hydrogen) atoms. The van der Waals surface area contributed by atoms with Crippen LogP contribution in [0, 0.1) is 17.2 Å². The Kier molecular flexibility index (Phi) is 5.20. The molecule has 0 spiro atoms. The van der Waals surface area contributed by atoms with Gasteiger partial charge in [0.1, 0.15) is 11.4 Å². The third-order valence-electron chi connectivity index (χ3n) is 5.40. The van der Waals surface area contributed by atoms with Crippen molar-refractivity contribution in [3.8, 4) is 0 Å². The number of nitrogens with two attached hydrogens (primary N) is 1. The van der Waals surface area contributed by atoms with Gasteiger partial charge < -0.3 is 11.1 Å². The van der Waals surface area contributed by atoms with E-state index in [2.05, 4.69) is 10.3 Å². The molecule has 3 N–H and O–H groups in total. The van der Waals surface area contributed by atoms with Crippen LogP contribution >= 0.6 is 0 Å². The van der Waals surface area contributed by atoms with Crippen molar-refractivity contribution in [1.29, 1.82) is 0 Å². The minimum atomic E-state index is -4.33. The molecule has 5 nitrogen and oxygen atoms in total. The molecule has 0 fully saturated rings. The van der Waals surface area contributed by atoms with Crippen LogP contribution in [0.5, 0.6) is 0 Å². The summed E-state index contributed by atoms with van der Waals surface area (Å²) >= 11 is 0. The highest BCUT2D eigenvalue weighted by molar-refractivity contribution is 6.01. The van der Waals surface area contributed by atoms with Crippen molar-refractivity contribution in [2.45, 2.75) is 39.4 Å². The summed E-state index contributed by atoms with van der Waals surface area (Å²) in [7, 11) is 1.48. The largest absolute Gasteiger partial charge is 0.393 e. The van der Waals surface area contributed by atoms with Crippen LogP contribution in [0.2, 0.25) is 0 Å². The summed E-state index contributed by atoms with van der Waals surface area (Å²) in [5.41, 5.74) is 3.78. The van der Waals surface area contributed by atoms with Crippen LogP contribution in [0.3, 0.4) is 0 Å². The Labute approximate surface area is 155 Å². The number of carbonyl (C=O) groups excluding carboxylic acids is 1. The molecule has 9 heteroatoms. The normalized spacial score (nSPS) is 23.8. The summed E-state index contributed by atoms with van der Waals surface area (Å²) in [4.78, 5) is 18.2. The van der Waals surface area contributed by atoms with Crippen LogP contribution in [0.1, 0.15) is 33.3 Å². The van der Waals surface area contributed by atoms with Gasteiger partial charge in [-0.1, -0.05) is 6.92 Å². The number of halogens is 4. The van der Waals surface area contributed by atoms with E-state index in [1.165, 1.54) is 24.1 Å². The Balaban J connectivity index is 2.45. The standard InChI is InChI=1S/C18H24F4N4O/c1-10(18(20,21)22)9-24-11-6-7-13(19)12(8-11)17(4)16(2,3)14(27)26(5)15(23)25-17/h6-8,10,24H,9H2,1-5H3,(H2,23,25)/t10?,17-/m1/s1. The smallest absolute Gasteiger partial charge is 0.384 e. The number of benzene rings is 1. The molecule has 2 rings (SSSR count). The van der Waals surface area contributed by atoms with Crippen molar-refractivity contribution in [3.63, 3.8) is 0 Å². The molecule has 150 valence electrons. The van der Waals surface area contributed by atoms with Crippen LogP contribution in [-0.4, -0.2) is 36.5 Å². The Morgan fingerprint density at radius 3 is 2.44 bits per heavy atom. The van der Waals surface area contributed by atoms with Gasteiger partial charge in [-0.3, -0.25) is 9.69 Å². The summed E-state index contributed by atoms with van der Waals surface area (Å²) in [6.45, 7) is 5.55. The third kappa shape index (κ3) is 3.59. The molecule has 1 amide bonds. The van der Waals surface area contributed by atoms with E-state index >= 15 is 0 Å². The second kappa shape index (κ2) is 6.69. The van der Waals surface area contributed by atoms with Crippen molar-refractivity contribution >= 4 is 17.6 Å². The first-order valence-electron chi connectivity index (χ1n) is 8.46. The van der Waals surface area contributed by atoms with E-state index < -0.39 is 28.9 Å². The zero-order chi connectivity index (χ0) is 20.8. The predicted molar refractivity (Wildman–Crippen MR) is 95.6 cm³/mol. The highest BCUT2D eigenvalue weighted by Crippen LogP contribution is 2.47. The molecule has 1 unspecified atom stereocenters. The van der Waals surface area contributed by atoms with Gasteiger partial charge >= 0.3 is 6.18 Å². The van der Waals surface area contributed by atoms with E-state index in [0.717, 1.165) is 13.0 Å². The number of nitrogens with zero attached hydrogens (tertiary/aromatic N) is 2. The number of nitrogens with one attached hydrogen (secondary N) is 1. The maximum Gasteiger partial charge on any atom is 0.393 e. The monoisotopic (exact) mass is 388 g/mol. The van der Waals surface area contributed by atoms with Gasteiger partial charge in [0.25, 0.3) is 0 Å². The molecule has 1 aromatic carbocycles. The number of carbonyl (C=O) groups is 1. The van der Waals surface area contributed by atoms with E-state index in [1.54, 1.807) is 20.8 Å². The van der Waals surface area contributed by atoms with Gasteiger partial charge in [-0.2, -0.15) is 13.2 Å². The number of guanidine groups is 1. The topological polar surface area (TPSA) is 70.7 Å². The van der Waals surface area contributed by atoms with Crippen LogP contribution in [0.25, 0.3) is 0 Å². The number of anilines is 1. The second-order valence-corrected chi connectivity index (χ2v) is 7.55. The van der Waals surface area contributed by atoms with E-state index in [0.29, 0.717) is 5.69 Å². The van der Waals surface area contributed by atoms with Gasteiger partial charge in [0, 0.05) is 24.8 Å². The summed E-state index contributed by atoms with van der Waals surface area (Å²) in [5.74, 6) is -2.57. The summed E-state index contributed by atoms with van der Waals surface area (Å²) < 4.78 is 52.7. The quantitative estimate of drug-likeness (QED) is 0.776. The van der Waals surface area contributed by atoms with Crippen molar-refractivity contribution < 1.29 is 22.4 Å².